The van der Waals surface area contributed by atoms with Crippen molar-refractivity contribution in [2.45, 2.75) is 45.7 Å². The van der Waals surface area contributed by atoms with Crippen molar-refractivity contribution >= 4 is 21.6 Å². The van der Waals surface area contributed by atoms with E-state index < -0.39 is 0 Å². The van der Waals surface area contributed by atoms with E-state index >= 15 is 0 Å². The summed E-state index contributed by atoms with van der Waals surface area (Å²) in [5.41, 5.74) is 2.74. The van der Waals surface area contributed by atoms with Crippen molar-refractivity contribution in [1.29, 1.82) is 0 Å². The molecule has 0 amide bonds. The third-order valence-corrected chi connectivity index (χ3v) is 5.43. The van der Waals surface area contributed by atoms with Crippen LogP contribution >= 0.6 is 15.9 Å². The van der Waals surface area contributed by atoms with E-state index in [0.29, 0.717) is 6.04 Å². The second-order valence-electron chi connectivity index (χ2n) is 6.68. The zero-order valence-electron chi connectivity index (χ0n) is 12.5. The average molecular weight is 337 g/mol. The summed E-state index contributed by atoms with van der Waals surface area (Å²) in [6.45, 7) is 7.83. The molecule has 1 saturated carbocycles. The van der Waals surface area contributed by atoms with Crippen LogP contribution in [-0.4, -0.2) is 19.1 Å². The van der Waals surface area contributed by atoms with Gasteiger partial charge in [0.15, 0.2) is 0 Å². The first-order chi connectivity index (χ1) is 9.63. The summed E-state index contributed by atoms with van der Waals surface area (Å²) in [5.74, 6) is 1.90. The fourth-order valence-corrected chi connectivity index (χ4v) is 4.35. The van der Waals surface area contributed by atoms with Crippen molar-refractivity contribution in [3.8, 4) is 0 Å². The van der Waals surface area contributed by atoms with E-state index in [1.165, 1.54) is 48.1 Å². The quantitative estimate of drug-likeness (QED) is 0.887. The molecule has 1 aromatic carbocycles. The predicted octanol–water partition coefficient (Wildman–Crippen LogP) is 4.18. The van der Waals surface area contributed by atoms with Crippen LogP contribution in [0, 0.1) is 11.8 Å². The van der Waals surface area contributed by atoms with Gasteiger partial charge in [-0.05, 0) is 58.3 Å². The standard InChI is InChI=1S/C17H25BrN2/c1-12(2)19-9-13-6-7-17(16(18)8-13)20-10-14-4-3-5-15(14)11-20/h6-8,12,14-15,19H,3-5,9-11H2,1-2H3. The minimum Gasteiger partial charge on any atom is -0.370 e. The monoisotopic (exact) mass is 336 g/mol. The number of fused-ring (bicyclic) bond motifs is 1. The van der Waals surface area contributed by atoms with Crippen LogP contribution in [0.25, 0.3) is 0 Å². The van der Waals surface area contributed by atoms with Crippen LogP contribution in [0.15, 0.2) is 22.7 Å². The third kappa shape index (κ3) is 3.04. The molecule has 1 heterocycles. The number of benzene rings is 1. The van der Waals surface area contributed by atoms with Crippen LogP contribution in [0.2, 0.25) is 0 Å². The Morgan fingerprint density at radius 1 is 1.25 bits per heavy atom. The molecule has 1 saturated heterocycles. The van der Waals surface area contributed by atoms with Gasteiger partial charge in [0.05, 0.1) is 5.69 Å². The summed E-state index contributed by atoms with van der Waals surface area (Å²) in [4.78, 5) is 2.58. The Labute approximate surface area is 131 Å². The smallest absolute Gasteiger partial charge is 0.0511 e. The van der Waals surface area contributed by atoms with Gasteiger partial charge in [0, 0.05) is 30.1 Å². The Kier molecular flexibility index (Phi) is 4.37. The summed E-state index contributed by atoms with van der Waals surface area (Å²) < 4.78 is 1.25. The summed E-state index contributed by atoms with van der Waals surface area (Å²) in [5, 5.41) is 3.48. The lowest BCUT2D eigenvalue weighted by atomic mass is 10.0. The van der Waals surface area contributed by atoms with Gasteiger partial charge in [0.25, 0.3) is 0 Å². The van der Waals surface area contributed by atoms with Gasteiger partial charge in [0.1, 0.15) is 0 Å². The van der Waals surface area contributed by atoms with Crippen molar-refractivity contribution in [1.82, 2.24) is 5.32 Å². The molecule has 2 atom stereocenters. The Hall–Kier alpha value is -0.540. The fourth-order valence-electron chi connectivity index (χ4n) is 3.67. The van der Waals surface area contributed by atoms with Gasteiger partial charge in [0.2, 0.25) is 0 Å². The Morgan fingerprint density at radius 2 is 1.95 bits per heavy atom. The molecule has 0 spiro atoms. The molecule has 1 aliphatic heterocycles. The van der Waals surface area contributed by atoms with Crippen LogP contribution in [-0.2, 0) is 6.54 Å². The number of anilines is 1. The molecule has 1 aromatic rings. The number of hydrogen-bond acceptors (Lipinski definition) is 2. The van der Waals surface area contributed by atoms with Crippen molar-refractivity contribution in [3.63, 3.8) is 0 Å². The highest BCUT2D eigenvalue weighted by Gasteiger charge is 2.36. The van der Waals surface area contributed by atoms with Crippen molar-refractivity contribution in [2.75, 3.05) is 18.0 Å². The second-order valence-corrected chi connectivity index (χ2v) is 7.53. The molecular formula is C17H25BrN2. The number of rotatable bonds is 4. The van der Waals surface area contributed by atoms with E-state index in [9.17, 15) is 0 Å². The van der Waals surface area contributed by atoms with Crippen molar-refractivity contribution in [3.05, 3.63) is 28.2 Å². The molecule has 2 unspecified atom stereocenters. The lowest BCUT2D eigenvalue weighted by molar-refractivity contribution is 0.494. The van der Waals surface area contributed by atoms with Crippen LogP contribution < -0.4 is 10.2 Å². The zero-order valence-corrected chi connectivity index (χ0v) is 14.1. The van der Waals surface area contributed by atoms with Crippen molar-refractivity contribution < 1.29 is 0 Å². The van der Waals surface area contributed by atoms with Crippen LogP contribution in [0.1, 0.15) is 38.7 Å². The third-order valence-electron chi connectivity index (χ3n) is 4.79. The summed E-state index contributed by atoms with van der Waals surface area (Å²) in [7, 11) is 0. The SMILES string of the molecule is CC(C)NCc1ccc(N2CC3CCCC3C2)c(Br)c1. The molecule has 2 nitrogen and oxygen atoms in total. The molecule has 2 fully saturated rings. The lowest BCUT2D eigenvalue weighted by Gasteiger charge is -2.22. The average Bonchev–Trinajstić information content (AvgIpc) is 2.97. The number of hydrogen-bond donors (Lipinski definition) is 1. The topological polar surface area (TPSA) is 15.3 Å². The maximum atomic E-state index is 3.77. The zero-order chi connectivity index (χ0) is 14.1. The van der Waals surface area contributed by atoms with Crippen molar-refractivity contribution in [2.24, 2.45) is 11.8 Å². The molecular weight excluding hydrogens is 312 g/mol. The highest BCUT2D eigenvalue weighted by Crippen LogP contribution is 2.41. The minimum atomic E-state index is 0.534. The van der Waals surface area contributed by atoms with E-state index in [2.05, 4.69) is 58.2 Å². The fraction of sp³-hybridized carbons (Fsp3) is 0.647. The first-order valence-corrected chi connectivity index (χ1v) is 8.69. The van der Waals surface area contributed by atoms with Crippen LogP contribution in [0.3, 0.4) is 0 Å². The minimum absolute atomic E-state index is 0.534. The van der Waals surface area contributed by atoms with E-state index in [0.717, 1.165) is 18.4 Å². The first-order valence-electron chi connectivity index (χ1n) is 7.90. The maximum absolute atomic E-state index is 3.77. The van der Waals surface area contributed by atoms with Gasteiger partial charge in [-0.3, -0.25) is 0 Å². The molecule has 3 heteroatoms. The molecule has 0 radical (unpaired) electrons. The Bertz CT molecular complexity index is 460. The molecule has 110 valence electrons. The lowest BCUT2D eigenvalue weighted by Crippen LogP contribution is -2.23. The largest absolute Gasteiger partial charge is 0.370 e. The number of nitrogens with one attached hydrogen (secondary N) is 1. The highest BCUT2D eigenvalue weighted by molar-refractivity contribution is 9.10. The summed E-state index contributed by atoms with van der Waals surface area (Å²) >= 11 is 3.77. The Morgan fingerprint density at radius 3 is 2.55 bits per heavy atom. The van der Waals surface area contributed by atoms with Gasteiger partial charge < -0.3 is 10.2 Å². The molecule has 3 rings (SSSR count). The molecule has 0 aromatic heterocycles. The molecule has 0 bridgehead atoms. The van der Waals surface area contributed by atoms with Crippen LogP contribution in [0.4, 0.5) is 5.69 Å². The Balaban J connectivity index is 1.68. The molecule has 2 aliphatic rings. The van der Waals surface area contributed by atoms with E-state index in [1.807, 2.05) is 0 Å². The summed E-state index contributed by atoms with van der Waals surface area (Å²) in [6, 6.07) is 7.37. The second kappa shape index (κ2) is 6.07. The van der Waals surface area contributed by atoms with E-state index in [1.54, 1.807) is 0 Å². The van der Waals surface area contributed by atoms with Gasteiger partial charge in [-0.1, -0.05) is 26.3 Å². The van der Waals surface area contributed by atoms with Gasteiger partial charge >= 0.3 is 0 Å². The van der Waals surface area contributed by atoms with Gasteiger partial charge in [-0.25, -0.2) is 0 Å². The molecule has 1 N–H and O–H groups in total. The van der Waals surface area contributed by atoms with E-state index in [4.69, 9.17) is 0 Å². The van der Waals surface area contributed by atoms with E-state index in [-0.39, 0.29) is 0 Å². The predicted molar refractivity (Wildman–Crippen MR) is 89.2 cm³/mol. The van der Waals surface area contributed by atoms with Gasteiger partial charge in [-0.15, -0.1) is 0 Å². The molecule has 1 aliphatic carbocycles. The van der Waals surface area contributed by atoms with Crippen LogP contribution in [0.5, 0.6) is 0 Å². The van der Waals surface area contributed by atoms with Gasteiger partial charge in [-0.2, -0.15) is 0 Å². The maximum Gasteiger partial charge on any atom is 0.0511 e. The number of halogens is 1. The summed E-state index contributed by atoms with van der Waals surface area (Å²) in [6.07, 6.45) is 4.33. The molecule has 20 heavy (non-hydrogen) atoms. The highest BCUT2D eigenvalue weighted by atomic mass is 79.9. The normalized spacial score (nSPS) is 25.5. The number of nitrogens with zero attached hydrogens (tertiary/aromatic N) is 1. The first kappa shape index (κ1) is 14.4.